The lowest BCUT2D eigenvalue weighted by molar-refractivity contribution is 0.0690. The van der Waals surface area contributed by atoms with E-state index in [0.717, 1.165) is 0 Å². The average molecular weight is 259 g/mol. The highest BCUT2D eigenvalue weighted by Gasteiger charge is 2.08. The second-order valence-electron chi connectivity index (χ2n) is 3.65. The van der Waals surface area contributed by atoms with Crippen LogP contribution < -0.4 is 10.1 Å². The Labute approximate surface area is 110 Å². The van der Waals surface area contributed by atoms with Gasteiger partial charge in [0.1, 0.15) is 11.6 Å². The summed E-state index contributed by atoms with van der Waals surface area (Å²) in [5, 5.41) is 11.8. The summed E-state index contributed by atoms with van der Waals surface area (Å²) >= 11 is 0. The molecule has 0 atom stereocenters. The van der Waals surface area contributed by atoms with Crippen LogP contribution >= 0.6 is 0 Å². The van der Waals surface area contributed by atoms with Crippen LogP contribution in [0.5, 0.6) is 5.75 Å². The number of carbonyl (C=O) groups is 1. The predicted molar refractivity (Wildman–Crippen MR) is 69.9 cm³/mol. The summed E-state index contributed by atoms with van der Waals surface area (Å²) in [7, 11) is 0. The molecule has 1 aromatic carbocycles. The number of carboxylic acids is 1. The molecule has 0 bridgehead atoms. The Morgan fingerprint density at radius 2 is 2.16 bits per heavy atom. The number of anilines is 2. The minimum absolute atomic E-state index is 0.112. The number of rotatable bonds is 5. The molecule has 6 heteroatoms. The third-order valence-corrected chi connectivity index (χ3v) is 2.30. The second-order valence-corrected chi connectivity index (χ2v) is 3.65. The van der Waals surface area contributed by atoms with Gasteiger partial charge in [0.25, 0.3) is 0 Å². The zero-order chi connectivity index (χ0) is 13.7. The molecule has 2 aromatic rings. The molecule has 0 radical (unpaired) electrons. The first-order chi connectivity index (χ1) is 9.20. The maximum Gasteiger partial charge on any atom is 0.356 e. The summed E-state index contributed by atoms with van der Waals surface area (Å²) in [5.41, 5.74) is 0.597. The van der Waals surface area contributed by atoms with E-state index in [-0.39, 0.29) is 5.69 Å². The van der Waals surface area contributed by atoms with Crippen LogP contribution in [0.2, 0.25) is 0 Å². The van der Waals surface area contributed by atoms with E-state index in [2.05, 4.69) is 15.3 Å². The maximum absolute atomic E-state index is 10.8. The highest BCUT2D eigenvalue weighted by Crippen LogP contribution is 2.26. The summed E-state index contributed by atoms with van der Waals surface area (Å²) in [6.45, 7) is 2.43. The van der Waals surface area contributed by atoms with Gasteiger partial charge >= 0.3 is 5.97 Å². The molecule has 1 aromatic heterocycles. The number of hydrogen-bond acceptors (Lipinski definition) is 5. The first kappa shape index (κ1) is 12.8. The van der Waals surface area contributed by atoms with E-state index < -0.39 is 5.97 Å². The quantitative estimate of drug-likeness (QED) is 0.857. The summed E-state index contributed by atoms with van der Waals surface area (Å²) < 4.78 is 5.46. The number of aromatic carboxylic acids is 1. The van der Waals surface area contributed by atoms with Crippen molar-refractivity contribution < 1.29 is 14.6 Å². The summed E-state index contributed by atoms with van der Waals surface area (Å²) in [5.74, 6) is -0.0891. The monoisotopic (exact) mass is 259 g/mol. The molecule has 0 unspecified atom stereocenters. The third kappa shape index (κ3) is 3.19. The average Bonchev–Trinajstić information content (AvgIpc) is 2.41. The van der Waals surface area contributed by atoms with Crippen molar-refractivity contribution in [2.75, 3.05) is 11.9 Å². The van der Waals surface area contributed by atoms with Gasteiger partial charge in [-0.15, -0.1) is 0 Å². The van der Waals surface area contributed by atoms with Crippen molar-refractivity contribution in [3.05, 3.63) is 42.4 Å². The molecule has 0 spiro atoms. The van der Waals surface area contributed by atoms with Gasteiger partial charge in [-0.25, -0.2) is 9.78 Å². The van der Waals surface area contributed by atoms with Crippen molar-refractivity contribution in [2.24, 2.45) is 0 Å². The van der Waals surface area contributed by atoms with Crippen LogP contribution in [-0.2, 0) is 0 Å². The predicted octanol–water partition coefficient (Wildman–Crippen LogP) is 2.32. The molecule has 0 amide bonds. The van der Waals surface area contributed by atoms with Gasteiger partial charge in [0.2, 0.25) is 0 Å². The molecule has 0 saturated heterocycles. The van der Waals surface area contributed by atoms with Crippen molar-refractivity contribution in [3.63, 3.8) is 0 Å². The molecule has 2 N–H and O–H groups in total. The molecule has 98 valence electrons. The Bertz CT molecular complexity index is 587. The molecular formula is C13H13N3O3. The van der Waals surface area contributed by atoms with Crippen LogP contribution in [0.15, 0.2) is 36.7 Å². The van der Waals surface area contributed by atoms with Gasteiger partial charge in [-0.1, -0.05) is 12.1 Å². The Morgan fingerprint density at radius 1 is 1.37 bits per heavy atom. The topological polar surface area (TPSA) is 84.3 Å². The SMILES string of the molecule is CCOc1ccccc1Nc1cncc(C(=O)O)n1. The largest absolute Gasteiger partial charge is 0.492 e. The molecule has 1 heterocycles. The fraction of sp³-hybridized carbons (Fsp3) is 0.154. The van der Waals surface area contributed by atoms with E-state index in [1.165, 1.54) is 12.4 Å². The Morgan fingerprint density at radius 3 is 2.89 bits per heavy atom. The first-order valence-corrected chi connectivity index (χ1v) is 5.75. The van der Waals surface area contributed by atoms with Crippen molar-refractivity contribution in [1.82, 2.24) is 9.97 Å². The van der Waals surface area contributed by atoms with Crippen LogP contribution in [0, 0.1) is 0 Å². The zero-order valence-corrected chi connectivity index (χ0v) is 10.3. The van der Waals surface area contributed by atoms with Crippen LogP contribution in [0.3, 0.4) is 0 Å². The van der Waals surface area contributed by atoms with Crippen molar-refractivity contribution in [2.45, 2.75) is 6.92 Å². The number of hydrogen-bond donors (Lipinski definition) is 2. The molecule has 19 heavy (non-hydrogen) atoms. The summed E-state index contributed by atoms with van der Waals surface area (Å²) in [6, 6.07) is 7.34. The van der Waals surface area contributed by atoms with Gasteiger partial charge in [0.05, 0.1) is 24.7 Å². The summed E-state index contributed by atoms with van der Waals surface area (Å²) in [6.07, 6.45) is 2.65. The Kier molecular flexibility index (Phi) is 3.92. The molecular weight excluding hydrogens is 246 g/mol. The minimum atomic E-state index is -1.12. The number of carboxylic acid groups (broad SMARTS) is 1. The number of ether oxygens (including phenoxy) is 1. The third-order valence-electron chi connectivity index (χ3n) is 2.30. The van der Waals surface area contributed by atoms with Crippen LogP contribution in [0.25, 0.3) is 0 Å². The molecule has 2 rings (SSSR count). The molecule has 0 aliphatic rings. The number of nitrogens with one attached hydrogen (secondary N) is 1. The number of nitrogens with zero attached hydrogens (tertiary/aromatic N) is 2. The highest BCUT2D eigenvalue weighted by atomic mass is 16.5. The Hall–Kier alpha value is -2.63. The highest BCUT2D eigenvalue weighted by molar-refractivity contribution is 5.85. The molecule has 0 aliphatic carbocycles. The van der Waals surface area contributed by atoms with Gasteiger partial charge in [-0.3, -0.25) is 4.98 Å². The van der Waals surface area contributed by atoms with E-state index in [1.807, 2.05) is 31.2 Å². The maximum atomic E-state index is 10.8. The van der Waals surface area contributed by atoms with E-state index in [1.54, 1.807) is 0 Å². The fourth-order valence-corrected chi connectivity index (χ4v) is 1.52. The normalized spacial score (nSPS) is 9.95. The first-order valence-electron chi connectivity index (χ1n) is 5.75. The standard InChI is InChI=1S/C13H13N3O3/c1-2-19-11-6-4-3-5-9(11)15-12-8-14-7-10(16-12)13(17)18/h3-8H,2H2,1H3,(H,15,16)(H,17,18). The van der Waals surface area contributed by atoms with Gasteiger partial charge in [-0.2, -0.15) is 0 Å². The Balaban J connectivity index is 2.26. The second kappa shape index (κ2) is 5.81. The molecule has 0 saturated carbocycles. The molecule has 6 nitrogen and oxygen atoms in total. The lowest BCUT2D eigenvalue weighted by Crippen LogP contribution is -2.04. The van der Waals surface area contributed by atoms with Gasteiger partial charge in [-0.05, 0) is 19.1 Å². The van der Waals surface area contributed by atoms with Crippen molar-refractivity contribution in [3.8, 4) is 5.75 Å². The summed E-state index contributed by atoms with van der Waals surface area (Å²) in [4.78, 5) is 18.6. The fourth-order valence-electron chi connectivity index (χ4n) is 1.52. The van der Waals surface area contributed by atoms with E-state index >= 15 is 0 Å². The molecule has 0 fully saturated rings. The van der Waals surface area contributed by atoms with E-state index in [4.69, 9.17) is 9.84 Å². The van der Waals surface area contributed by atoms with Crippen molar-refractivity contribution in [1.29, 1.82) is 0 Å². The van der Waals surface area contributed by atoms with Gasteiger partial charge in [0.15, 0.2) is 5.69 Å². The van der Waals surface area contributed by atoms with Gasteiger partial charge in [0, 0.05) is 0 Å². The van der Waals surface area contributed by atoms with E-state index in [9.17, 15) is 4.79 Å². The van der Waals surface area contributed by atoms with Crippen LogP contribution in [0.1, 0.15) is 17.4 Å². The van der Waals surface area contributed by atoms with E-state index in [0.29, 0.717) is 23.9 Å². The minimum Gasteiger partial charge on any atom is -0.492 e. The van der Waals surface area contributed by atoms with Crippen LogP contribution in [0.4, 0.5) is 11.5 Å². The van der Waals surface area contributed by atoms with Crippen molar-refractivity contribution >= 4 is 17.5 Å². The number of para-hydroxylation sites is 2. The zero-order valence-electron chi connectivity index (χ0n) is 10.3. The van der Waals surface area contributed by atoms with Gasteiger partial charge < -0.3 is 15.2 Å². The smallest absolute Gasteiger partial charge is 0.356 e. The van der Waals surface area contributed by atoms with Crippen LogP contribution in [-0.4, -0.2) is 27.7 Å². The lowest BCUT2D eigenvalue weighted by Gasteiger charge is -2.11. The number of benzene rings is 1. The molecule has 0 aliphatic heterocycles. The lowest BCUT2D eigenvalue weighted by atomic mass is 10.3. The number of aromatic nitrogens is 2.